The van der Waals surface area contributed by atoms with E-state index in [1.165, 1.54) is 0 Å². The van der Waals surface area contributed by atoms with Crippen molar-refractivity contribution in [3.63, 3.8) is 0 Å². The Morgan fingerprint density at radius 3 is 2.79 bits per heavy atom. The second-order valence-corrected chi connectivity index (χ2v) is 7.30. The van der Waals surface area contributed by atoms with Gasteiger partial charge in [-0.1, -0.05) is 18.2 Å². The predicted molar refractivity (Wildman–Crippen MR) is 106 cm³/mol. The number of hydrogen-bond acceptors (Lipinski definition) is 3. The summed E-state index contributed by atoms with van der Waals surface area (Å²) < 4.78 is 3.87. The quantitative estimate of drug-likeness (QED) is 0.753. The molecule has 0 saturated carbocycles. The molecule has 0 bridgehead atoms. The first-order chi connectivity index (χ1) is 13.4. The Labute approximate surface area is 163 Å². The van der Waals surface area contributed by atoms with Crippen LogP contribution in [0, 0.1) is 0 Å². The van der Waals surface area contributed by atoms with Crippen molar-refractivity contribution in [1.29, 1.82) is 0 Å². The number of amides is 3. The summed E-state index contributed by atoms with van der Waals surface area (Å²) in [6.07, 6.45) is 1.85. The Hall–Kier alpha value is -3.29. The van der Waals surface area contributed by atoms with Gasteiger partial charge in [-0.15, -0.1) is 0 Å². The molecule has 28 heavy (non-hydrogen) atoms. The third-order valence-electron chi connectivity index (χ3n) is 5.07. The number of carbonyl (C=O) groups is 2. The lowest BCUT2D eigenvalue weighted by molar-refractivity contribution is 0.0951. The minimum absolute atomic E-state index is 0.00161. The van der Waals surface area contributed by atoms with Gasteiger partial charge < -0.3 is 19.7 Å². The summed E-state index contributed by atoms with van der Waals surface area (Å²) in [6.45, 7) is 2.17. The van der Waals surface area contributed by atoms with Crippen molar-refractivity contribution in [2.75, 3.05) is 20.6 Å². The molecule has 0 radical (unpaired) electrons. The van der Waals surface area contributed by atoms with Crippen molar-refractivity contribution in [3.8, 4) is 0 Å². The van der Waals surface area contributed by atoms with Crippen molar-refractivity contribution in [2.24, 2.45) is 7.05 Å². The molecule has 3 amide bonds. The summed E-state index contributed by atoms with van der Waals surface area (Å²) >= 11 is 0. The molecule has 146 valence electrons. The Bertz CT molecular complexity index is 1050. The van der Waals surface area contributed by atoms with Crippen LogP contribution in [-0.2, 0) is 26.7 Å². The zero-order valence-electron chi connectivity index (χ0n) is 16.3. The van der Waals surface area contributed by atoms with E-state index in [0.717, 1.165) is 22.3 Å². The van der Waals surface area contributed by atoms with Crippen molar-refractivity contribution in [3.05, 3.63) is 53.5 Å². The maximum Gasteiger partial charge on any atom is 0.319 e. The van der Waals surface area contributed by atoms with Crippen LogP contribution in [0.4, 0.5) is 4.79 Å². The van der Waals surface area contributed by atoms with Crippen molar-refractivity contribution >= 4 is 22.8 Å². The first-order valence-corrected chi connectivity index (χ1v) is 9.28. The van der Waals surface area contributed by atoms with Gasteiger partial charge in [0.1, 0.15) is 0 Å². The van der Waals surface area contributed by atoms with E-state index in [2.05, 4.69) is 10.4 Å². The summed E-state index contributed by atoms with van der Waals surface area (Å²) in [5.41, 5.74) is 3.46. The van der Waals surface area contributed by atoms with Gasteiger partial charge in [-0.2, -0.15) is 5.10 Å². The number of hydrogen-bond donors (Lipinski definition) is 1. The molecule has 0 saturated heterocycles. The lowest BCUT2D eigenvalue weighted by Crippen LogP contribution is -2.43. The summed E-state index contributed by atoms with van der Waals surface area (Å²) in [6, 6.07) is 9.80. The molecule has 0 fully saturated rings. The van der Waals surface area contributed by atoms with Gasteiger partial charge in [0.05, 0.1) is 36.6 Å². The van der Waals surface area contributed by atoms with Crippen LogP contribution in [0.2, 0.25) is 0 Å². The fourth-order valence-electron chi connectivity index (χ4n) is 3.65. The number of carbonyl (C=O) groups excluding carboxylic acids is 2. The highest BCUT2D eigenvalue weighted by Crippen LogP contribution is 2.20. The van der Waals surface area contributed by atoms with Crippen LogP contribution in [0.25, 0.3) is 10.9 Å². The second kappa shape index (κ2) is 7.03. The van der Waals surface area contributed by atoms with Crippen LogP contribution >= 0.6 is 0 Å². The number of urea groups is 1. The molecule has 8 heteroatoms. The molecule has 1 aliphatic rings. The standard InChI is InChI=1S/C20H24N6O2/c1-23(2)20(28)25-8-9-26-15(12-25)10-14(22-26)11-21-19(27)17-13-24(3)18-7-5-4-6-16(17)18/h4-7,10,13H,8-9,11-12H2,1-3H3,(H,21,27). The van der Waals surface area contributed by atoms with Gasteiger partial charge >= 0.3 is 6.03 Å². The van der Waals surface area contributed by atoms with Crippen molar-refractivity contribution in [1.82, 2.24) is 29.5 Å². The van der Waals surface area contributed by atoms with Crippen LogP contribution in [0.5, 0.6) is 0 Å². The van der Waals surface area contributed by atoms with E-state index < -0.39 is 0 Å². The van der Waals surface area contributed by atoms with Gasteiger partial charge in [0.25, 0.3) is 5.91 Å². The lowest BCUT2D eigenvalue weighted by atomic mass is 10.1. The second-order valence-electron chi connectivity index (χ2n) is 7.30. The maximum atomic E-state index is 12.7. The van der Waals surface area contributed by atoms with Crippen LogP contribution in [0.1, 0.15) is 21.7 Å². The van der Waals surface area contributed by atoms with Gasteiger partial charge in [-0.05, 0) is 12.1 Å². The zero-order valence-corrected chi connectivity index (χ0v) is 16.3. The third-order valence-corrected chi connectivity index (χ3v) is 5.07. The number of aromatic nitrogens is 3. The molecule has 0 unspecified atom stereocenters. The number of benzene rings is 1. The van der Waals surface area contributed by atoms with Crippen LogP contribution < -0.4 is 5.32 Å². The van der Waals surface area contributed by atoms with Gasteiger partial charge in [-0.25, -0.2) is 4.79 Å². The monoisotopic (exact) mass is 380 g/mol. The van der Waals surface area contributed by atoms with E-state index in [0.29, 0.717) is 31.7 Å². The van der Waals surface area contributed by atoms with Crippen molar-refractivity contribution < 1.29 is 9.59 Å². The summed E-state index contributed by atoms with van der Waals surface area (Å²) in [5.74, 6) is -0.118. The normalized spacial score (nSPS) is 13.5. The van der Waals surface area contributed by atoms with Crippen molar-refractivity contribution in [2.45, 2.75) is 19.6 Å². The molecular formula is C20H24N6O2. The molecule has 0 atom stereocenters. The molecule has 3 aromatic rings. The van der Waals surface area contributed by atoms with Gasteiger partial charge in [0.15, 0.2) is 0 Å². The van der Waals surface area contributed by atoms with E-state index in [1.54, 1.807) is 23.9 Å². The highest BCUT2D eigenvalue weighted by Gasteiger charge is 2.23. The van der Waals surface area contributed by atoms with Crippen LogP contribution in [-0.4, -0.2) is 56.7 Å². The number of rotatable bonds is 3. The highest BCUT2D eigenvalue weighted by molar-refractivity contribution is 6.06. The average molecular weight is 380 g/mol. The lowest BCUT2D eigenvalue weighted by Gasteiger charge is -2.29. The predicted octanol–water partition coefficient (Wildman–Crippen LogP) is 1.80. The largest absolute Gasteiger partial charge is 0.350 e. The fourth-order valence-corrected chi connectivity index (χ4v) is 3.65. The van der Waals surface area contributed by atoms with Crippen LogP contribution in [0.15, 0.2) is 36.5 Å². The van der Waals surface area contributed by atoms with E-state index in [-0.39, 0.29) is 11.9 Å². The van der Waals surface area contributed by atoms with E-state index in [9.17, 15) is 9.59 Å². The Morgan fingerprint density at radius 1 is 1.21 bits per heavy atom. The molecule has 8 nitrogen and oxygen atoms in total. The molecule has 1 N–H and O–H groups in total. The Kier molecular flexibility index (Phi) is 4.54. The highest BCUT2D eigenvalue weighted by atomic mass is 16.2. The van der Waals surface area contributed by atoms with Gasteiger partial charge in [-0.3, -0.25) is 9.48 Å². The summed E-state index contributed by atoms with van der Waals surface area (Å²) in [7, 11) is 5.44. The number of para-hydroxylation sites is 1. The topological polar surface area (TPSA) is 75.4 Å². The smallest absolute Gasteiger partial charge is 0.319 e. The molecule has 1 aliphatic heterocycles. The van der Waals surface area contributed by atoms with Gasteiger partial charge in [0.2, 0.25) is 0 Å². The van der Waals surface area contributed by atoms with E-state index >= 15 is 0 Å². The molecule has 0 aliphatic carbocycles. The molecule has 4 rings (SSSR count). The first kappa shape index (κ1) is 18.1. The Balaban J connectivity index is 1.45. The Morgan fingerprint density at radius 2 is 2.00 bits per heavy atom. The molecule has 3 heterocycles. The fraction of sp³-hybridized carbons (Fsp3) is 0.350. The number of fused-ring (bicyclic) bond motifs is 2. The minimum atomic E-state index is -0.118. The van der Waals surface area contributed by atoms with Crippen LogP contribution in [0.3, 0.4) is 0 Å². The molecule has 0 spiro atoms. The molecular weight excluding hydrogens is 356 g/mol. The van der Waals surface area contributed by atoms with E-state index in [4.69, 9.17) is 0 Å². The third kappa shape index (κ3) is 3.21. The first-order valence-electron chi connectivity index (χ1n) is 9.28. The molecule has 2 aromatic heterocycles. The summed E-state index contributed by atoms with van der Waals surface area (Å²) in [5, 5.41) is 8.47. The van der Waals surface area contributed by atoms with E-state index in [1.807, 2.05) is 52.8 Å². The summed E-state index contributed by atoms with van der Waals surface area (Å²) in [4.78, 5) is 28.2. The number of aryl methyl sites for hydroxylation is 1. The maximum absolute atomic E-state index is 12.7. The average Bonchev–Trinajstić information content (AvgIpc) is 3.26. The van der Waals surface area contributed by atoms with Gasteiger partial charge in [0, 0.05) is 44.8 Å². The zero-order chi connectivity index (χ0) is 19.8. The number of nitrogens with zero attached hydrogens (tertiary/aromatic N) is 5. The number of nitrogens with one attached hydrogen (secondary N) is 1. The molecule has 1 aromatic carbocycles. The minimum Gasteiger partial charge on any atom is -0.350 e. The SMILES string of the molecule is CN(C)C(=O)N1CCn2nc(CNC(=O)c3cn(C)c4ccccc34)cc2C1.